The number of benzene rings is 3. The van der Waals surface area contributed by atoms with Crippen LogP contribution in [0.15, 0.2) is 85.1 Å². The van der Waals surface area contributed by atoms with Gasteiger partial charge in [0.25, 0.3) is 0 Å². The van der Waals surface area contributed by atoms with Crippen molar-refractivity contribution in [3.63, 3.8) is 0 Å². The van der Waals surface area contributed by atoms with Gasteiger partial charge in [-0.05, 0) is 28.0 Å². The summed E-state index contributed by atoms with van der Waals surface area (Å²) in [5.74, 6) is -0.177. The SMILES string of the molecule is O=C(C=Cc1cccc2ccccc12)Nc1ncc(Cc2ccccc2)s1. The molecule has 1 aromatic heterocycles. The molecule has 3 nitrogen and oxygen atoms in total. The van der Waals surface area contributed by atoms with Gasteiger partial charge in [0, 0.05) is 23.6 Å². The van der Waals surface area contributed by atoms with E-state index in [1.807, 2.05) is 54.7 Å². The Morgan fingerprint density at radius 2 is 1.74 bits per heavy atom. The summed E-state index contributed by atoms with van der Waals surface area (Å²) < 4.78 is 0. The summed E-state index contributed by atoms with van der Waals surface area (Å²) in [7, 11) is 0. The zero-order chi connectivity index (χ0) is 18.5. The molecule has 1 N–H and O–H groups in total. The molecule has 0 fully saturated rings. The molecule has 1 amide bonds. The first kappa shape index (κ1) is 17.2. The topological polar surface area (TPSA) is 42.0 Å². The van der Waals surface area contributed by atoms with Crippen molar-refractivity contribution in [1.29, 1.82) is 0 Å². The second-order valence-corrected chi connectivity index (χ2v) is 7.30. The van der Waals surface area contributed by atoms with Gasteiger partial charge in [-0.3, -0.25) is 10.1 Å². The molecular weight excluding hydrogens is 352 g/mol. The Kier molecular flexibility index (Phi) is 5.08. The van der Waals surface area contributed by atoms with Crippen molar-refractivity contribution in [1.82, 2.24) is 4.98 Å². The van der Waals surface area contributed by atoms with Crippen molar-refractivity contribution in [2.45, 2.75) is 6.42 Å². The molecule has 0 saturated carbocycles. The number of fused-ring (bicyclic) bond motifs is 1. The van der Waals surface area contributed by atoms with E-state index in [0.29, 0.717) is 5.13 Å². The summed E-state index contributed by atoms with van der Waals surface area (Å²) in [6, 6.07) is 24.4. The molecule has 4 heteroatoms. The first-order chi connectivity index (χ1) is 13.3. The fourth-order valence-corrected chi connectivity index (χ4v) is 3.80. The van der Waals surface area contributed by atoms with Crippen molar-refractivity contribution < 1.29 is 4.79 Å². The summed E-state index contributed by atoms with van der Waals surface area (Å²) in [5, 5.41) is 5.75. The molecule has 0 atom stereocenters. The van der Waals surface area contributed by atoms with Crippen LogP contribution in [0.1, 0.15) is 16.0 Å². The first-order valence-corrected chi connectivity index (χ1v) is 9.55. The third-order valence-electron chi connectivity index (χ3n) is 4.24. The molecule has 0 bridgehead atoms. The second kappa shape index (κ2) is 7.98. The van der Waals surface area contributed by atoms with E-state index >= 15 is 0 Å². The van der Waals surface area contributed by atoms with Gasteiger partial charge in [-0.15, -0.1) is 11.3 Å². The molecule has 0 radical (unpaired) electrons. The molecule has 0 spiro atoms. The highest BCUT2D eigenvalue weighted by molar-refractivity contribution is 7.15. The third kappa shape index (κ3) is 4.30. The lowest BCUT2D eigenvalue weighted by molar-refractivity contribution is -0.111. The predicted octanol–water partition coefficient (Wildman–Crippen LogP) is 5.54. The van der Waals surface area contributed by atoms with Crippen molar-refractivity contribution in [3.8, 4) is 0 Å². The number of nitrogens with zero attached hydrogens (tertiary/aromatic N) is 1. The van der Waals surface area contributed by atoms with Gasteiger partial charge < -0.3 is 0 Å². The van der Waals surface area contributed by atoms with Crippen LogP contribution in [0.25, 0.3) is 16.8 Å². The Morgan fingerprint density at radius 3 is 2.63 bits per heavy atom. The van der Waals surface area contributed by atoms with E-state index in [0.717, 1.165) is 27.6 Å². The molecule has 132 valence electrons. The Bertz CT molecular complexity index is 1090. The predicted molar refractivity (Wildman–Crippen MR) is 113 cm³/mol. The standard InChI is InChI=1S/C23H18N2OS/c26-22(14-13-19-11-6-10-18-9-4-5-12-21(18)19)25-23-24-16-20(27-23)15-17-7-2-1-3-8-17/h1-14,16H,15H2,(H,24,25,26). The minimum Gasteiger partial charge on any atom is -0.298 e. The molecule has 27 heavy (non-hydrogen) atoms. The van der Waals surface area contributed by atoms with Crippen LogP contribution in [0.4, 0.5) is 5.13 Å². The average Bonchev–Trinajstić information content (AvgIpc) is 3.13. The number of anilines is 1. The normalized spacial score (nSPS) is 11.1. The zero-order valence-electron chi connectivity index (χ0n) is 14.6. The van der Waals surface area contributed by atoms with Gasteiger partial charge >= 0.3 is 0 Å². The van der Waals surface area contributed by atoms with Gasteiger partial charge in [0.05, 0.1) is 0 Å². The lowest BCUT2D eigenvalue weighted by Gasteiger charge is -2.01. The number of thiazole rings is 1. The molecule has 0 saturated heterocycles. The summed E-state index contributed by atoms with van der Waals surface area (Å²) in [6.07, 6.45) is 6.04. The van der Waals surface area contributed by atoms with Crippen LogP contribution in [0, 0.1) is 0 Å². The quantitative estimate of drug-likeness (QED) is 0.469. The number of amides is 1. The van der Waals surface area contributed by atoms with Crippen molar-refractivity contribution in [2.24, 2.45) is 0 Å². The van der Waals surface area contributed by atoms with Crippen molar-refractivity contribution in [2.75, 3.05) is 5.32 Å². The van der Waals surface area contributed by atoms with E-state index in [2.05, 4.69) is 40.6 Å². The van der Waals surface area contributed by atoms with E-state index in [9.17, 15) is 4.79 Å². The Balaban J connectivity index is 1.43. The maximum Gasteiger partial charge on any atom is 0.250 e. The highest BCUT2D eigenvalue weighted by atomic mass is 32.1. The maximum absolute atomic E-state index is 12.3. The zero-order valence-corrected chi connectivity index (χ0v) is 15.4. The average molecular weight is 370 g/mol. The van der Waals surface area contributed by atoms with Crippen LogP contribution in [-0.2, 0) is 11.2 Å². The van der Waals surface area contributed by atoms with Crippen LogP contribution in [0.3, 0.4) is 0 Å². The number of carbonyl (C=O) groups is 1. The Morgan fingerprint density at radius 1 is 0.963 bits per heavy atom. The first-order valence-electron chi connectivity index (χ1n) is 8.73. The number of aromatic nitrogens is 1. The number of hydrogen-bond donors (Lipinski definition) is 1. The second-order valence-electron chi connectivity index (χ2n) is 6.19. The molecule has 1 heterocycles. The molecular formula is C23H18N2OS. The fraction of sp³-hybridized carbons (Fsp3) is 0.0435. The molecule has 3 aromatic carbocycles. The molecule has 0 aliphatic rings. The minimum absolute atomic E-state index is 0.177. The van der Waals surface area contributed by atoms with Gasteiger partial charge in [0.2, 0.25) is 5.91 Å². The van der Waals surface area contributed by atoms with E-state index in [4.69, 9.17) is 0 Å². The van der Waals surface area contributed by atoms with Crippen LogP contribution in [0.2, 0.25) is 0 Å². The van der Waals surface area contributed by atoms with Gasteiger partial charge in [-0.1, -0.05) is 72.8 Å². The van der Waals surface area contributed by atoms with E-state index in [-0.39, 0.29) is 5.91 Å². The summed E-state index contributed by atoms with van der Waals surface area (Å²) >= 11 is 1.50. The van der Waals surface area contributed by atoms with Gasteiger partial charge in [-0.25, -0.2) is 4.98 Å². The van der Waals surface area contributed by atoms with Gasteiger partial charge in [0.15, 0.2) is 5.13 Å². The molecule has 0 unspecified atom stereocenters. The lowest BCUT2D eigenvalue weighted by Crippen LogP contribution is -2.07. The van der Waals surface area contributed by atoms with Gasteiger partial charge in [0.1, 0.15) is 0 Å². The number of nitrogens with one attached hydrogen (secondary N) is 1. The monoisotopic (exact) mass is 370 g/mol. The Hall–Kier alpha value is -3.24. The number of rotatable bonds is 5. The molecule has 4 rings (SSSR count). The highest BCUT2D eigenvalue weighted by Gasteiger charge is 2.05. The Labute approximate surface area is 162 Å². The van der Waals surface area contributed by atoms with Crippen molar-refractivity contribution in [3.05, 3.63) is 101 Å². The van der Waals surface area contributed by atoms with Crippen LogP contribution in [0.5, 0.6) is 0 Å². The molecule has 0 aliphatic heterocycles. The highest BCUT2D eigenvalue weighted by Crippen LogP contribution is 2.22. The van der Waals surface area contributed by atoms with Gasteiger partial charge in [-0.2, -0.15) is 0 Å². The molecule has 0 aliphatic carbocycles. The van der Waals surface area contributed by atoms with E-state index in [1.165, 1.54) is 16.9 Å². The van der Waals surface area contributed by atoms with E-state index in [1.54, 1.807) is 6.08 Å². The van der Waals surface area contributed by atoms with Crippen LogP contribution >= 0.6 is 11.3 Å². The third-order valence-corrected chi connectivity index (χ3v) is 5.16. The van der Waals surface area contributed by atoms with Crippen LogP contribution < -0.4 is 5.32 Å². The molecule has 4 aromatic rings. The number of carbonyl (C=O) groups excluding carboxylic acids is 1. The van der Waals surface area contributed by atoms with Crippen LogP contribution in [-0.4, -0.2) is 10.9 Å². The van der Waals surface area contributed by atoms with Crippen molar-refractivity contribution >= 4 is 39.2 Å². The fourth-order valence-electron chi connectivity index (χ4n) is 2.95. The largest absolute Gasteiger partial charge is 0.298 e. The smallest absolute Gasteiger partial charge is 0.250 e. The summed E-state index contributed by atoms with van der Waals surface area (Å²) in [5.41, 5.74) is 2.25. The summed E-state index contributed by atoms with van der Waals surface area (Å²) in [4.78, 5) is 17.7. The number of hydrogen-bond acceptors (Lipinski definition) is 3. The minimum atomic E-state index is -0.177. The van der Waals surface area contributed by atoms with E-state index < -0.39 is 0 Å². The maximum atomic E-state index is 12.3. The lowest BCUT2D eigenvalue weighted by atomic mass is 10.0. The summed E-state index contributed by atoms with van der Waals surface area (Å²) in [6.45, 7) is 0.